The molecule has 9 heteroatoms. The minimum absolute atomic E-state index is 0.0737. The Kier molecular flexibility index (Phi) is 6.21. The van der Waals surface area contributed by atoms with Crippen molar-refractivity contribution in [3.8, 4) is 11.5 Å². The number of nitrogens with zero attached hydrogens (tertiary/aromatic N) is 5. The molecule has 0 bridgehead atoms. The van der Waals surface area contributed by atoms with Crippen molar-refractivity contribution in [1.29, 1.82) is 0 Å². The highest BCUT2D eigenvalue weighted by Gasteiger charge is 2.28. The van der Waals surface area contributed by atoms with Gasteiger partial charge in [0.2, 0.25) is 11.7 Å². The number of amides is 2. The number of aromatic nitrogens is 3. The number of pyridine rings is 1. The monoisotopic (exact) mass is 448 g/mol. The van der Waals surface area contributed by atoms with Crippen LogP contribution in [0.1, 0.15) is 30.2 Å². The Morgan fingerprint density at radius 1 is 1.09 bits per heavy atom. The van der Waals surface area contributed by atoms with E-state index in [9.17, 15) is 4.79 Å². The van der Waals surface area contributed by atoms with Gasteiger partial charge in [-0.25, -0.2) is 4.79 Å². The van der Waals surface area contributed by atoms with Gasteiger partial charge < -0.3 is 24.4 Å². The molecule has 4 heterocycles. The van der Waals surface area contributed by atoms with Gasteiger partial charge in [-0.2, -0.15) is 4.98 Å². The first-order valence-corrected chi connectivity index (χ1v) is 11.4. The summed E-state index contributed by atoms with van der Waals surface area (Å²) >= 11 is 0. The number of benzene rings is 1. The molecule has 0 saturated carbocycles. The summed E-state index contributed by atoms with van der Waals surface area (Å²) in [5, 5.41) is 7.14. The van der Waals surface area contributed by atoms with Crippen LogP contribution in [-0.2, 0) is 4.74 Å². The van der Waals surface area contributed by atoms with Crippen LogP contribution in [0.2, 0.25) is 0 Å². The van der Waals surface area contributed by atoms with Gasteiger partial charge in [-0.05, 0) is 55.7 Å². The molecular weight excluding hydrogens is 420 g/mol. The van der Waals surface area contributed by atoms with Gasteiger partial charge in [0, 0.05) is 49.7 Å². The number of hydrogen-bond donors (Lipinski definition) is 1. The quantitative estimate of drug-likeness (QED) is 0.650. The molecule has 0 spiro atoms. The smallest absolute Gasteiger partial charge is 0.321 e. The second-order valence-electron chi connectivity index (χ2n) is 8.46. The number of carbonyl (C=O) groups is 1. The van der Waals surface area contributed by atoms with E-state index in [4.69, 9.17) is 9.26 Å². The first-order chi connectivity index (χ1) is 16.2. The summed E-state index contributed by atoms with van der Waals surface area (Å²) in [6, 6.07) is 11.7. The fraction of sp³-hybridized carbons (Fsp3) is 0.417. The largest absolute Gasteiger partial charge is 0.378 e. The number of aryl methyl sites for hydroxylation is 1. The van der Waals surface area contributed by atoms with Crippen molar-refractivity contribution < 1.29 is 14.1 Å². The lowest BCUT2D eigenvalue weighted by atomic mass is 9.97. The predicted octanol–water partition coefficient (Wildman–Crippen LogP) is 3.69. The zero-order valence-corrected chi connectivity index (χ0v) is 18.7. The minimum atomic E-state index is -0.0737. The number of urea groups is 1. The lowest BCUT2D eigenvalue weighted by Crippen LogP contribution is -2.40. The van der Waals surface area contributed by atoms with E-state index in [0.717, 1.165) is 50.4 Å². The average molecular weight is 449 g/mol. The first kappa shape index (κ1) is 21.4. The molecule has 1 aromatic carbocycles. The maximum absolute atomic E-state index is 12.9. The van der Waals surface area contributed by atoms with Gasteiger partial charge in [-0.15, -0.1) is 0 Å². The van der Waals surface area contributed by atoms with Gasteiger partial charge in [-0.1, -0.05) is 11.2 Å². The molecule has 2 aliphatic heterocycles. The van der Waals surface area contributed by atoms with Crippen LogP contribution in [0, 0.1) is 6.92 Å². The Labute approximate surface area is 192 Å². The van der Waals surface area contributed by atoms with Crippen molar-refractivity contribution in [3.63, 3.8) is 0 Å². The SMILES string of the molecule is Cc1cc(N2CCOCC2)ccc1NC(=O)N1CCC(c2nc(-c3ccccn3)no2)CC1. The summed E-state index contributed by atoms with van der Waals surface area (Å²) < 4.78 is 10.9. The summed E-state index contributed by atoms with van der Waals surface area (Å²) in [4.78, 5) is 25.8. The molecule has 0 aliphatic carbocycles. The molecule has 172 valence electrons. The van der Waals surface area contributed by atoms with Crippen LogP contribution in [0.4, 0.5) is 16.2 Å². The highest BCUT2D eigenvalue weighted by atomic mass is 16.5. The van der Waals surface area contributed by atoms with E-state index >= 15 is 0 Å². The van der Waals surface area contributed by atoms with Crippen LogP contribution in [0.3, 0.4) is 0 Å². The Balaban J connectivity index is 1.16. The number of rotatable bonds is 4. The number of nitrogens with one attached hydrogen (secondary N) is 1. The third kappa shape index (κ3) is 4.83. The molecule has 5 rings (SSSR count). The fourth-order valence-corrected chi connectivity index (χ4v) is 4.33. The van der Waals surface area contributed by atoms with Crippen LogP contribution >= 0.6 is 0 Å². The zero-order chi connectivity index (χ0) is 22.6. The highest BCUT2D eigenvalue weighted by molar-refractivity contribution is 5.90. The third-order valence-electron chi connectivity index (χ3n) is 6.29. The predicted molar refractivity (Wildman–Crippen MR) is 124 cm³/mol. The van der Waals surface area contributed by atoms with Gasteiger partial charge in [0.25, 0.3) is 0 Å². The highest BCUT2D eigenvalue weighted by Crippen LogP contribution is 2.29. The fourth-order valence-electron chi connectivity index (χ4n) is 4.33. The Bertz CT molecular complexity index is 1090. The lowest BCUT2D eigenvalue weighted by molar-refractivity contribution is 0.122. The summed E-state index contributed by atoms with van der Waals surface area (Å²) in [5.41, 5.74) is 3.75. The number of hydrogen-bond acceptors (Lipinski definition) is 7. The number of likely N-dealkylation sites (tertiary alicyclic amines) is 1. The van der Waals surface area contributed by atoms with Crippen molar-refractivity contribution in [2.45, 2.75) is 25.7 Å². The normalized spacial score (nSPS) is 17.2. The van der Waals surface area contributed by atoms with Gasteiger partial charge >= 0.3 is 6.03 Å². The molecular formula is C24H28N6O3. The molecule has 2 fully saturated rings. The van der Waals surface area contributed by atoms with Crippen molar-refractivity contribution in [3.05, 3.63) is 54.0 Å². The van der Waals surface area contributed by atoms with Gasteiger partial charge in [0.1, 0.15) is 5.69 Å². The Morgan fingerprint density at radius 3 is 2.64 bits per heavy atom. The molecule has 1 N–H and O–H groups in total. The van der Waals surface area contributed by atoms with E-state index in [1.807, 2.05) is 36.1 Å². The molecule has 0 atom stereocenters. The molecule has 2 aromatic heterocycles. The van der Waals surface area contributed by atoms with Crippen molar-refractivity contribution in [2.75, 3.05) is 49.6 Å². The second kappa shape index (κ2) is 9.58. The Morgan fingerprint density at radius 2 is 1.91 bits per heavy atom. The van der Waals surface area contributed by atoms with E-state index in [2.05, 4.69) is 37.5 Å². The van der Waals surface area contributed by atoms with E-state index in [1.54, 1.807) is 6.20 Å². The molecule has 2 saturated heterocycles. The molecule has 0 radical (unpaired) electrons. The second-order valence-corrected chi connectivity index (χ2v) is 8.46. The van der Waals surface area contributed by atoms with Crippen LogP contribution in [0.5, 0.6) is 0 Å². The van der Waals surface area contributed by atoms with Crippen LogP contribution < -0.4 is 10.2 Å². The summed E-state index contributed by atoms with van der Waals surface area (Å²) in [6.07, 6.45) is 3.28. The van der Waals surface area contributed by atoms with E-state index in [1.165, 1.54) is 5.69 Å². The summed E-state index contributed by atoms with van der Waals surface area (Å²) in [5.74, 6) is 1.26. The topological polar surface area (TPSA) is 96.6 Å². The number of piperidine rings is 1. The first-order valence-electron chi connectivity index (χ1n) is 11.4. The van der Waals surface area contributed by atoms with Crippen LogP contribution in [0.25, 0.3) is 11.5 Å². The maximum Gasteiger partial charge on any atom is 0.321 e. The van der Waals surface area contributed by atoms with E-state index in [0.29, 0.717) is 30.5 Å². The number of carbonyl (C=O) groups excluding carboxylic acids is 1. The van der Waals surface area contributed by atoms with Gasteiger partial charge in [-0.3, -0.25) is 4.98 Å². The lowest BCUT2D eigenvalue weighted by Gasteiger charge is -2.31. The number of anilines is 2. The van der Waals surface area contributed by atoms with Gasteiger partial charge in [0.15, 0.2) is 0 Å². The number of morpholine rings is 1. The van der Waals surface area contributed by atoms with E-state index in [-0.39, 0.29) is 11.9 Å². The standard InChI is InChI=1S/C24H28N6O3/c1-17-16-19(29-12-14-32-15-13-29)5-6-20(17)26-24(31)30-10-7-18(8-11-30)23-27-22(28-33-23)21-4-2-3-9-25-21/h2-6,9,16,18H,7-8,10-15H2,1H3,(H,26,31). The molecule has 33 heavy (non-hydrogen) atoms. The van der Waals surface area contributed by atoms with Crippen molar-refractivity contribution >= 4 is 17.4 Å². The van der Waals surface area contributed by atoms with E-state index < -0.39 is 0 Å². The zero-order valence-electron chi connectivity index (χ0n) is 18.7. The third-order valence-corrected chi connectivity index (χ3v) is 6.29. The summed E-state index contributed by atoms with van der Waals surface area (Å²) in [7, 11) is 0. The van der Waals surface area contributed by atoms with Crippen LogP contribution in [0.15, 0.2) is 47.1 Å². The number of ether oxygens (including phenoxy) is 1. The van der Waals surface area contributed by atoms with Crippen molar-refractivity contribution in [1.82, 2.24) is 20.0 Å². The summed E-state index contributed by atoms with van der Waals surface area (Å²) in [6.45, 7) is 6.60. The van der Waals surface area contributed by atoms with Crippen LogP contribution in [-0.4, -0.2) is 65.4 Å². The maximum atomic E-state index is 12.9. The molecule has 3 aromatic rings. The molecule has 2 amide bonds. The minimum Gasteiger partial charge on any atom is -0.378 e. The average Bonchev–Trinajstić information content (AvgIpc) is 3.37. The van der Waals surface area contributed by atoms with Crippen molar-refractivity contribution in [2.24, 2.45) is 0 Å². The molecule has 9 nitrogen and oxygen atoms in total. The van der Waals surface area contributed by atoms with Gasteiger partial charge in [0.05, 0.1) is 13.2 Å². The Hall–Kier alpha value is -3.46. The molecule has 2 aliphatic rings. The molecule has 0 unspecified atom stereocenters.